The largest absolute Gasteiger partial charge is 0.400 e. The molecular weight excluding hydrogens is 144 g/mol. The molecule has 1 atom stereocenters. The molecule has 52 valence electrons. The number of hydrogen-bond donors (Lipinski definition) is 0. The van der Waals surface area contributed by atoms with Crippen LogP contribution in [0.5, 0.6) is 0 Å². The van der Waals surface area contributed by atoms with Crippen molar-refractivity contribution < 1.29 is 16.8 Å². The molecule has 1 unspecified atom stereocenters. The first-order valence-corrected chi connectivity index (χ1v) is 3.75. The van der Waals surface area contributed by atoms with Gasteiger partial charge in [0, 0.05) is 0 Å². The monoisotopic (exact) mass is 150 g/mol. The topological polar surface area (TPSA) is 52.6 Å². The lowest BCUT2D eigenvalue weighted by Gasteiger charge is -1.95. The lowest BCUT2D eigenvalue weighted by Crippen LogP contribution is -2.07. The van der Waals surface area contributed by atoms with Crippen molar-refractivity contribution in [2.75, 3.05) is 6.61 Å². The molecule has 1 saturated heterocycles. The summed E-state index contributed by atoms with van der Waals surface area (Å²) in [5, 5.41) is 0. The van der Waals surface area contributed by atoms with E-state index in [1.807, 2.05) is 0 Å². The van der Waals surface area contributed by atoms with Crippen LogP contribution in [-0.4, -0.2) is 21.1 Å². The molecule has 1 fully saturated rings. The molecule has 5 heteroatoms. The fourth-order valence-corrected chi connectivity index (χ4v) is 1.33. The Balaban J connectivity index is 2.58. The Kier molecular flexibility index (Phi) is 1.74. The van der Waals surface area contributed by atoms with Gasteiger partial charge in [-0.05, 0) is 13.3 Å². The summed E-state index contributed by atoms with van der Waals surface area (Å²) >= 11 is 0. The van der Waals surface area contributed by atoms with E-state index in [1.165, 1.54) is 0 Å². The first kappa shape index (κ1) is 6.98. The van der Waals surface area contributed by atoms with Crippen LogP contribution in [0.3, 0.4) is 0 Å². The zero-order valence-corrected chi connectivity index (χ0v) is 5.43. The molecule has 0 amide bonds. The molecule has 0 N–H and O–H groups in total. The summed E-state index contributed by atoms with van der Waals surface area (Å²) in [6.07, 6.45) is -0.325. The van der Waals surface area contributed by atoms with Gasteiger partial charge in [-0.1, -0.05) is 0 Å². The molecular formula is C4H6O4S. The molecule has 1 aliphatic rings. The van der Waals surface area contributed by atoms with Gasteiger partial charge < -0.3 is 0 Å². The Morgan fingerprint density at radius 1 is 1.67 bits per heavy atom. The summed E-state index contributed by atoms with van der Waals surface area (Å²) in [5.41, 5.74) is 0. The van der Waals surface area contributed by atoms with Crippen molar-refractivity contribution in [3.8, 4) is 0 Å². The number of rotatable bonds is 1. The maximum absolute atomic E-state index is 10.3. The summed E-state index contributed by atoms with van der Waals surface area (Å²) in [4.78, 5) is 0. The van der Waals surface area contributed by atoms with E-state index in [0.29, 0.717) is 0 Å². The van der Waals surface area contributed by atoms with E-state index in [0.717, 1.165) is 0 Å². The minimum Gasteiger partial charge on any atom is -0.245 e. The van der Waals surface area contributed by atoms with Gasteiger partial charge in [0.25, 0.3) is 0 Å². The minimum atomic E-state index is -3.69. The minimum absolute atomic E-state index is 0.0405. The fraction of sp³-hybridized carbons (Fsp3) is 0.750. The van der Waals surface area contributed by atoms with Crippen molar-refractivity contribution >= 4 is 10.4 Å². The standard InChI is InChI=1S/C4H6O4S/c1-2-4-3-7-9(5,6)8-4/h1,4H,2-3H2. The van der Waals surface area contributed by atoms with Crippen LogP contribution in [-0.2, 0) is 18.8 Å². The van der Waals surface area contributed by atoms with Crippen LogP contribution >= 0.6 is 0 Å². The molecule has 0 bridgehead atoms. The van der Waals surface area contributed by atoms with E-state index < -0.39 is 16.5 Å². The third kappa shape index (κ3) is 1.64. The normalized spacial score (nSPS) is 32.8. The van der Waals surface area contributed by atoms with Gasteiger partial charge >= 0.3 is 10.4 Å². The molecule has 2 radical (unpaired) electrons. The average molecular weight is 150 g/mol. The summed E-state index contributed by atoms with van der Waals surface area (Å²) in [7, 11) is -3.69. The fourth-order valence-electron chi connectivity index (χ4n) is 0.489. The molecule has 1 aliphatic heterocycles. The molecule has 0 aliphatic carbocycles. The SMILES string of the molecule is [CH]CC1COS(=O)(=O)O1. The highest BCUT2D eigenvalue weighted by Gasteiger charge is 2.28. The molecule has 9 heavy (non-hydrogen) atoms. The molecule has 0 saturated carbocycles. The van der Waals surface area contributed by atoms with Crippen LogP contribution in [0.15, 0.2) is 0 Å². The molecule has 4 nitrogen and oxygen atoms in total. The van der Waals surface area contributed by atoms with Crippen LogP contribution in [0.2, 0.25) is 0 Å². The van der Waals surface area contributed by atoms with Gasteiger partial charge in [-0.15, -0.1) is 0 Å². The van der Waals surface area contributed by atoms with Gasteiger partial charge in [-0.2, -0.15) is 8.42 Å². The average Bonchev–Trinajstić information content (AvgIpc) is 2.10. The highest BCUT2D eigenvalue weighted by molar-refractivity contribution is 7.82. The highest BCUT2D eigenvalue weighted by atomic mass is 32.3. The highest BCUT2D eigenvalue weighted by Crippen LogP contribution is 2.14. The van der Waals surface area contributed by atoms with Crippen LogP contribution in [0.1, 0.15) is 6.42 Å². The van der Waals surface area contributed by atoms with Gasteiger partial charge in [0.2, 0.25) is 0 Å². The third-order valence-electron chi connectivity index (χ3n) is 0.915. The van der Waals surface area contributed by atoms with Gasteiger partial charge in [0.05, 0.1) is 6.61 Å². The Morgan fingerprint density at radius 3 is 2.56 bits per heavy atom. The van der Waals surface area contributed by atoms with E-state index in [4.69, 9.17) is 6.92 Å². The van der Waals surface area contributed by atoms with Crippen LogP contribution in [0, 0.1) is 6.92 Å². The Labute approximate surface area is 54.1 Å². The van der Waals surface area contributed by atoms with Crippen molar-refractivity contribution in [2.24, 2.45) is 0 Å². The lowest BCUT2D eigenvalue weighted by atomic mass is 10.3. The molecule has 0 aromatic rings. The van der Waals surface area contributed by atoms with Crippen LogP contribution in [0.25, 0.3) is 0 Å². The predicted molar refractivity (Wildman–Crippen MR) is 28.7 cm³/mol. The second-order valence-corrected chi connectivity index (χ2v) is 2.89. The van der Waals surface area contributed by atoms with Gasteiger partial charge in [0.15, 0.2) is 0 Å². The number of hydrogen-bond acceptors (Lipinski definition) is 4. The smallest absolute Gasteiger partial charge is 0.245 e. The van der Waals surface area contributed by atoms with Crippen LogP contribution < -0.4 is 0 Å². The molecule has 0 aromatic carbocycles. The van der Waals surface area contributed by atoms with Crippen molar-refractivity contribution in [1.29, 1.82) is 0 Å². The zero-order chi connectivity index (χ0) is 6.91. The van der Waals surface area contributed by atoms with E-state index in [2.05, 4.69) is 8.37 Å². The van der Waals surface area contributed by atoms with E-state index in [9.17, 15) is 8.42 Å². The second-order valence-electron chi connectivity index (χ2n) is 1.65. The third-order valence-corrected chi connectivity index (χ3v) is 1.85. The lowest BCUT2D eigenvalue weighted by molar-refractivity contribution is 0.238. The Hall–Kier alpha value is -0.130. The molecule has 1 rings (SSSR count). The summed E-state index contributed by atoms with van der Waals surface area (Å²) in [6, 6.07) is 0. The van der Waals surface area contributed by atoms with E-state index in [-0.39, 0.29) is 13.0 Å². The van der Waals surface area contributed by atoms with Gasteiger partial charge in [0.1, 0.15) is 6.10 Å². The van der Waals surface area contributed by atoms with Crippen LogP contribution in [0.4, 0.5) is 0 Å². The molecule has 1 heterocycles. The predicted octanol–water partition coefficient (Wildman–Crippen LogP) is -0.252. The maximum Gasteiger partial charge on any atom is 0.400 e. The van der Waals surface area contributed by atoms with Crippen molar-refractivity contribution in [2.45, 2.75) is 12.5 Å². The first-order valence-electron chi connectivity index (χ1n) is 2.42. The maximum atomic E-state index is 10.3. The second kappa shape index (κ2) is 2.24. The van der Waals surface area contributed by atoms with Gasteiger partial charge in [-0.25, -0.2) is 8.37 Å². The molecule has 0 aromatic heterocycles. The first-order chi connectivity index (χ1) is 4.14. The van der Waals surface area contributed by atoms with E-state index >= 15 is 0 Å². The van der Waals surface area contributed by atoms with Crippen molar-refractivity contribution in [3.05, 3.63) is 6.92 Å². The summed E-state index contributed by atoms with van der Waals surface area (Å²) in [6.45, 7) is 5.13. The summed E-state index contributed by atoms with van der Waals surface area (Å²) in [5.74, 6) is 0. The quantitative estimate of drug-likeness (QED) is 0.517. The van der Waals surface area contributed by atoms with Crippen molar-refractivity contribution in [3.63, 3.8) is 0 Å². The van der Waals surface area contributed by atoms with Gasteiger partial charge in [-0.3, -0.25) is 0 Å². The van der Waals surface area contributed by atoms with Crippen molar-refractivity contribution in [1.82, 2.24) is 0 Å². The molecule has 0 spiro atoms. The Bertz CT molecular complexity index is 183. The zero-order valence-electron chi connectivity index (χ0n) is 4.61. The summed E-state index contributed by atoms with van der Waals surface area (Å²) < 4.78 is 29.1. The Morgan fingerprint density at radius 2 is 2.33 bits per heavy atom. The van der Waals surface area contributed by atoms with E-state index in [1.54, 1.807) is 0 Å².